The van der Waals surface area contributed by atoms with Crippen LogP contribution in [0.5, 0.6) is 0 Å². The van der Waals surface area contributed by atoms with E-state index in [1.165, 1.54) is 27.7 Å². The summed E-state index contributed by atoms with van der Waals surface area (Å²) in [5.41, 5.74) is 4.99. The molecule has 0 amide bonds. The molecule has 0 atom stereocenters. The molecule has 2 aromatic rings. The number of aromatic nitrogens is 1. The molecule has 1 N–H and O–H groups in total. The Morgan fingerprint density at radius 1 is 1.09 bits per heavy atom. The van der Waals surface area contributed by atoms with Crippen molar-refractivity contribution in [3.63, 3.8) is 0 Å². The number of hydrogen-bond donors (Lipinski definition) is 1. The van der Waals surface area contributed by atoms with Gasteiger partial charge in [-0.25, -0.2) is 0 Å². The summed E-state index contributed by atoms with van der Waals surface area (Å²) in [5, 5.41) is 1.30. The second-order valence-corrected chi connectivity index (χ2v) is 4.86. The van der Waals surface area contributed by atoms with Crippen LogP contribution in [0, 0.1) is 6.92 Å². The predicted molar refractivity (Wildman–Crippen MR) is 108 cm³/mol. The molecule has 23 heavy (non-hydrogen) atoms. The van der Waals surface area contributed by atoms with Crippen LogP contribution in [-0.4, -0.2) is 4.98 Å². The van der Waals surface area contributed by atoms with Crippen molar-refractivity contribution in [3.8, 4) is 0 Å². The third-order valence-corrected chi connectivity index (χ3v) is 3.09. The number of para-hydroxylation sites is 1. The summed E-state index contributed by atoms with van der Waals surface area (Å²) in [6.45, 7) is 15.8. The Morgan fingerprint density at radius 2 is 1.74 bits per heavy atom. The second-order valence-electron chi connectivity index (χ2n) is 4.86. The van der Waals surface area contributed by atoms with Gasteiger partial charge in [0.1, 0.15) is 0 Å². The third kappa shape index (κ3) is 7.01. The van der Waals surface area contributed by atoms with Crippen molar-refractivity contribution in [2.45, 2.75) is 41.5 Å². The molecule has 0 aliphatic rings. The molecule has 0 spiro atoms. The fourth-order valence-corrected chi connectivity index (χ4v) is 2.18. The summed E-state index contributed by atoms with van der Waals surface area (Å²) in [4.78, 5) is 3.36. The number of benzene rings is 1. The van der Waals surface area contributed by atoms with E-state index in [1.54, 1.807) is 6.08 Å². The van der Waals surface area contributed by atoms with Gasteiger partial charge in [-0.3, -0.25) is 0 Å². The highest BCUT2D eigenvalue weighted by atomic mass is 14.7. The Balaban J connectivity index is 0.000000421. The molecule has 1 heteroatoms. The number of aromatic amines is 1. The molecule has 1 heterocycles. The van der Waals surface area contributed by atoms with Crippen LogP contribution < -0.4 is 0 Å². The van der Waals surface area contributed by atoms with Crippen LogP contribution in [-0.2, 0) is 0 Å². The summed E-state index contributed by atoms with van der Waals surface area (Å²) in [5.74, 6) is 0. The van der Waals surface area contributed by atoms with Crippen molar-refractivity contribution in [3.05, 3.63) is 78.1 Å². The molecule has 0 saturated heterocycles. The molecule has 0 radical (unpaired) electrons. The Kier molecular flexibility index (Phi) is 11.1. The van der Waals surface area contributed by atoms with Gasteiger partial charge in [0.2, 0.25) is 0 Å². The van der Waals surface area contributed by atoms with E-state index in [1.807, 2.05) is 52.8 Å². The number of allylic oxidation sites excluding steroid dienone is 6. The summed E-state index contributed by atoms with van der Waals surface area (Å²) < 4.78 is 0. The van der Waals surface area contributed by atoms with Crippen molar-refractivity contribution in [1.29, 1.82) is 0 Å². The molecular formula is C22H31N. The topological polar surface area (TPSA) is 15.8 Å². The number of fused-ring (bicyclic) bond motifs is 1. The van der Waals surface area contributed by atoms with Crippen LogP contribution in [0.15, 0.2) is 66.8 Å². The van der Waals surface area contributed by atoms with E-state index in [4.69, 9.17) is 0 Å². The van der Waals surface area contributed by atoms with Gasteiger partial charge in [-0.05, 0) is 33.8 Å². The van der Waals surface area contributed by atoms with E-state index in [0.29, 0.717) is 0 Å². The van der Waals surface area contributed by atoms with Gasteiger partial charge in [0.25, 0.3) is 0 Å². The van der Waals surface area contributed by atoms with E-state index in [2.05, 4.69) is 54.9 Å². The Bertz CT molecular complexity index is 666. The van der Waals surface area contributed by atoms with Gasteiger partial charge in [-0.15, -0.1) is 0 Å². The van der Waals surface area contributed by atoms with Crippen molar-refractivity contribution < 1.29 is 0 Å². The minimum atomic E-state index is 1.22. The van der Waals surface area contributed by atoms with E-state index in [0.717, 1.165) is 0 Å². The highest BCUT2D eigenvalue weighted by molar-refractivity contribution is 5.90. The molecule has 1 aromatic heterocycles. The lowest BCUT2D eigenvalue weighted by Gasteiger charge is -1.90. The van der Waals surface area contributed by atoms with Crippen LogP contribution in [0.3, 0.4) is 0 Å². The molecule has 0 saturated carbocycles. The molecule has 1 nitrogen and oxygen atoms in total. The monoisotopic (exact) mass is 309 g/mol. The molecule has 1 aromatic carbocycles. The van der Waals surface area contributed by atoms with Gasteiger partial charge in [-0.1, -0.05) is 80.7 Å². The summed E-state index contributed by atoms with van der Waals surface area (Å²) in [6.07, 6.45) is 12.0. The maximum absolute atomic E-state index is 3.57. The maximum atomic E-state index is 3.57. The first-order chi connectivity index (χ1) is 11.1. The highest BCUT2D eigenvalue weighted by Gasteiger charge is 2.02. The first-order valence-corrected chi connectivity index (χ1v) is 8.26. The Labute approximate surface area is 142 Å². The number of rotatable bonds is 3. The van der Waals surface area contributed by atoms with Crippen molar-refractivity contribution in [2.75, 3.05) is 0 Å². The minimum Gasteiger partial charge on any atom is -0.358 e. The van der Waals surface area contributed by atoms with Crippen LogP contribution in [0.25, 0.3) is 17.0 Å². The summed E-state index contributed by atoms with van der Waals surface area (Å²) >= 11 is 0. The van der Waals surface area contributed by atoms with Gasteiger partial charge in [0.05, 0.1) is 0 Å². The fraction of sp³-hybridized carbons (Fsp3) is 0.273. The number of nitrogens with one attached hydrogen (secondary N) is 1. The SMILES string of the molecule is C/C=C\c1c(C)[nH]c2ccccc12.C=C/C=C(C)\C=C/C.CC. The van der Waals surface area contributed by atoms with Crippen LogP contribution in [0.2, 0.25) is 0 Å². The summed E-state index contributed by atoms with van der Waals surface area (Å²) in [6, 6.07) is 8.38. The summed E-state index contributed by atoms with van der Waals surface area (Å²) in [7, 11) is 0. The maximum Gasteiger partial charge on any atom is 0.0462 e. The molecule has 124 valence electrons. The first-order valence-electron chi connectivity index (χ1n) is 8.26. The van der Waals surface area contributed by atoms with Gasteiger partial charge in [0, 0.05) is 22.2 Å². The lowest BCUT2D eigenvalue weighted by molar-refractivity contribution is 1.29. The van der Waals surface area contributed by atoms with Crippen molar-refractivity contribution in [2.24, 2.45) is 0 Å². The Morgan fingerprint density at radius 3 is 2.30 bits per heavy atom. The smallest absolute Gasteiger partial charge is 0.0462 e. The van der Waals surface area contributed by atoms with Crippen molar-refractivity contribution >= 4 is 17.0 Å². The minimum absolute atomic E-state index is 1.22. The zero-order chi connectivity index (χ0) is 17.7. The molecule has 0 aliphatic carbocycles. The van der Waals surface area contributed by atoms with E-state index < -0.39 is 0 Å². The highest BCUT2D eigenvalue weighted by Crippen LogP contribution is 2.22. The standard InChI is InChI=1S/C12H13N.C8H12.C2H6/c1-3-6-10-9(2)13-12-8-5-4-7-11(10)12;1-4-6-8(3)7-5-2;1-2/h3-8,13H,1-2H3;4-7H,1H2,2-3H3;1-2H3/b6-3-;7-5-,8-6-;. The number of H-pyrrole nitrogens is 1. The molecule has 2 rings (SSSR count). The Hall–Kier alpha value is -2.28. The average Bonchev–Trinajstić information content (AvgIpc) is 2.87. The number of hydrogen-bond acceptors (Lipinski definition) is 0. The van der Waals surface area contributed by atoms with Crippen LogP contribution >= 0.6 is 0 Å². The second kappa shape index (κ2) is 12.3. The molecule has 0 unspecified atom stereocenters. The first kappa shape index (κ1) is 20.7. The third-order valence-electron chi connectivity index (χ3n) is 3.09. The average molecular weight is 309 g/mol. The predicted octanol–water partition coefficient (Wildman–Crippen LogP) is 7.23. The zero-order valence-corrected chi connectivity index (χ0v) is 15.5. The van der Waals surface area contributed by atoms with E-state index >= 15 is 0 Å². The lowest BCUT2D eigenvalue weighted by Crippen LogP contribution is -1.72. The van der Waals surface area contributed by atoms with E-state index in [-0.39, 0.29) is 0 Å². The number of aryl methyl sites for hydroxylation is 1. The molecule has 0 bridgehead atoms. The van der Waals surface area contributed by atoms with Gasteiger partial charge in [0.15, 0.2) is 0 Å². The van der Waals surface area contributed by atoms with Gasteiger partial charge in [-0.2, -0.15) is 0 Å². The normalized spacial score (nSPS) is 11.1. The molecule has 0 fully saturated rings. The largest absolute Gasteiger partial charge is 0.358 e. The van der Waals surface area contributed by atoms with Crippen LogP contribution in [0.4, 0.5) is 0 Å². The van der Waals surface area contributed by atoms with Gasteiger partial charge >= 0.3 is 0 Å². The molecule has 0 aliphatic heterocycles. The van der Waals surface area contributed by atoms with E-state index in [9.17, 15) is 0 Å². The fourth-order valence-electron chi connectivity index (χ4n) is 2.18. The van der Waals surface area contributed by atoms with Crippen molar-refractivity contribution in [1.82, 2.24) is 4.98 Å². The molecular weight excluding hydrogens is 278 g/mol. The van der Waals surface area contributed by atoms with Crippen LogP contribution in [0.1, 0.15) is 45.9 Å². The zero-order valence-electron chi connectivity index (χ0n) is 15.5. The lowest BCUT2D eigenvalue weighted by atomic mass is 10.1. The quantitative estimate of drug-likeness (QED) is 0.575. The van der Waals surface area contributed by atoms with Gasteiger partial charge < -0.3 is 4.98 Å².